The molecule has 8 heteroatoms. The minimum atomic E-state index is -0.397. The zero-order valence-electron chi connectivity index (χ0n) is 16.8. The number of halogens is 1. The van der Waals surface area contributed by atoms with Crippen LogP contribution in [0.2, 0.25) is 0 Å². The molecule has 0 atom stereocenters. The summed E-state index contributed by atoms with van der Waals surface area (Å²) in [5.41, 5.74) is 2.18. The first kappa shape index (κ1) is 20.0. The van der Waals surface area contributed by atoms with Crippen LogP contribution in [0, 0.1) is 5.82 Å². The standard InChI is InChI=1S/C24H18FN3O3S/c25-17-8-4-5-9-18(17)27-24-28-21(15-6-2-1-3-7-15)22(32-24)23(29)26-16-10-11-19-20(14-16)31-13-12-30-19/h1-11,14H,12-13H2,(H,26,29)(H,27,28). The lowest BCUT2D eigenvalue weighted by Crippen LogP contribution is -2.16. The van der Waals surface area contributed by atoms with Crippen LogP contribution in [0.4, 0.5) is 20.9 Å². The number of nitrogens with one attached hydrogen (secondary N) is 2. The summed E-state index contributed by atoms with van der Waals surface area (Å²) < 4.78 is 25.2. The highest BCUT2D eigenvalue weighted by Crippen LogP contribution is 2.35. The largest absolute Gasteiger partial charge is 0.486 e. The number of fused-ring (bicyclic) bond motifs is 1. The van der Waals surface area contributed by atoms with Gasteiger partial charge in [0.05, 0.1) is 11.4 Å². The Morgan fingerprint density at radius 1 is 0.938 bits per heavy atom. The van der Waals surface area contributed by atoms with Crippen molar-refractivity contribution in [2.24, 2.45) is 0 Å². The second-order valence-corrected chi connectivity index (χ2v) is 7.98. The predicted molar refractivity (Wildman–Crippen MR) is 123 cm³/mol. The Labute approximate surface area is 187 Å². The fourth-order valence-electron chi connectivity index (χ4n) is 3.31. The topological polar surface area (TPSA) is 72.5 Å². The summed E-state index contributed by atoms with van der Waals surface area (Å²) in [7, 11) is 0. The van der Waals surface area contributed by atoms with Crippen LogP contribution in [-0.4, -0.2) is 24.1 Å². The van der Waals surface area contributed by atoms with E-state index in [1.165, 1.54) is 6.07 Å². The van der Waals surface area contributed by atoms with Gasteiger partial charge < -0.3 is 20.1 Å². The van der Waals surface area contributed by atoms with Crippen molar-refractivity contribution in [3.63, 3.8) is 0 Å². The zero-order valence-corrected chi connectivity index (χ0v) is 17.6. The molecular weight excluding hydrogens is 429 g/mol. The molecule has 0 spiro atoms. The summed E-state index contributed by atoms with van der Waals surface area (Å²) in [6.45, 7) is 0.959. The summed E-state index contributed by atoms with van der Waals surface area (Å²) in [4.78, 5) is 18.2. The minimum absolute atomic E-state index is 0.291. The van der Waals surface area contributed by atoms with E-state index in [-0.39, 0.29) is 5.91 Å². The Morgan fingerprint density at radius 2 is 1.69 bits per heavy atom. The van der Waals surface area contributed by atoms with Gasteiger partial charge in [-0.2, -0.15) is 0 Å². The van der Waals surface area contributed by atoms with E-state index >= 15 is 0 Å². The highest BCUT2D eigenvalue weighted by molar-refractivity contribution is 7.18. The van der Waals surface area contributed by atoms with Gasteiger partial charge in [0.1, 0.15) is 23.9 Å². The fourth-order valence-corrected chi connectivity index (χ4v) is 4.20. The van der Waals surface area contributed by atoms with E-state index in [0.717, 1.165) is 16.9 Å². The van der Waals surface area contributed by atoms with Crippen LogP contribution in [-0.2, 0) is 0 Å². The average Bonchev–Trinajstić information content (AvgIpc) is 3.25. The number of rotatable bonds is 5. The smallest absolute Gasteiger partial charge is 0.268 e. The van der Waals surface area contributed by atoms with Gasteiger partial charge in [0.15, 0.2) is 16.6 Å². The van der Waals surface area contributed by atoms with E-state index in [9.17, 15) is 9.18 Å². The van der Waals surface area contributed by atoms with Gasteiger partial charge >= 0.3 is 0 Å². The lowest BCUT2D eigenvalue weighted by Gasteiger charge is -2.19. The molecule has 0 bridgehead atoms. The van der Waals surface area contributed by atoms with Crippen molar-refractivity contribution >= 4 is 33.8 Å². The number of anilines is 3. The van der Waals surface area contributed by atoms with Crippen LogP contribution in [0.25, 0.3) is 11.3 Å². The van der Waals surface area contributed by atoms with Gasteiger partial charge in [0, 0.05) is 17.3 Å². The van der Waals surface area contributed by atoms with Crippen molar-refractivity contribution in [2.45, 2.75) is 0 Å². The molecule has 5 rings (SSSR count). The number of carbonyl (C=O) groups is 1. The summed E-state index contributed by atoms with van der Waals surface area (Å²) >= 11 is 1.16. The number of hydrogen-bond acceptors (Lipinski definition) is 6. The second kappa shape index (κ2) is 8.68. The van der Waals surface area contributed by atoms with Gasteiger partial charge in [0.2, 0.25) is 0 Å². The van der Waals surface area contributed by atoms with Crippen molar-refractivity contribution < 1.29 is 18.7 Å². The molecule has 0 radical (unpaired) electrons. The monoisotopic (exact) mass is 447 g/mol. The average molecular weight is 447 g/mol. The van der Waals surface area contributed by atoms with E-state index in [1.807, 2.05) is 30.3 Å². The van der Waals surface area contributed by atoms with Gasteiger partial charge in [-0.1, -0.05) is 53.8 Å². The fraction of sp³-hybridized carbons (Fsp3) is 0.0833. The number of nitrogens with zero attached hydrogens (tertiary/aromatic N) is 1. The summed E-state index contributed by atoms with van der Waals surface area (Å²) in [6.07, 6.45) is 0. The maximum Gasteiger partial charge on any atom is 0.268 e. The highest BCUT2D eigenvalue weighted by Gasteiger charge is 2.21. The lowest BCUT2D eigenvalue weighted by atomic mass is 10.1. The van der Waals surface area contributed by atoms with Gasteiger partial charge in [-0.3, -0.25) is 4.79 Å². The molecule has 3 aromatic carbocycles. The first-order valence-corrected chi connectivity index (χ1v) is 10.8. The Hall–Kier alpha value is -3.91. The van der Waals surface area contributed by atoms with Gasteiger partial charge in [-0.25, -0.2) is 9.37 Å². The molecule has 0 unspecified atom stereocenters. The Kier molecular flexibility index (Phi) is 5.43. The second-order valence-electron chi connectivity index (χ2n) is 6.98. The van der Waals surface area contributed by atoms with E-state index in [1.54, 1.807) is 36.4 Å². The van der Waals surface area contributed by atoms with Crippen LogP contribution in [0.15, 0.2) is 72.8 Å². The van der Waals surface area contributed by atoms with Gasteiger partial charge in [-0.05, 0) is 24.3 Å². The molecule has 4 aromatic rings. The molecule has 160 valence electrons. The van der Waals surface area contributed by atoms with Crippen molar-refractivity contribution in [2.75, 3.05) is 23.8 Å². The molecule has 32 heavy (non-hydrogen) atoms. The third-order valence-corrected chi connectivity index (χ3v) is 5.77. The third kappa shape index (κ3) is 4.13. The number of benzene rings is 3. The normalized spacial score (nSPS) is 12.3. The van der Waals surface area contributed by atoms with E-state index < -0.39 is 5.82 Å². The van der Waals surface area contributed by atoms with Crippen LogP contribution < -0.4 is 20.1 Å². The number of ether oxygens (including phenoxy) is 2. The Balaban J connectivity index is 1.47. The molecule has 2 heterocycles. The molecule has 1 aliphatic heterocycles. The van der Waals surface area contributed by atoms with Crippen molar-refractivity contribution in [3.8, 4) is 22.8 Å². The highest BCUT2D eigenvalue weighted by atomic mass is 32.1. The van der Waals surface area contributed by atoms with Crippen molar-refractivity contribution in [1.29, 1.82) is 0 Å². The number of hydrogen-bond donors (Lipinski definition) is 2. The molecule has 1 aliphatic rings. The summed E-state index contributed by atoms with van der Waals surface area (Å²) in [5.74, 6) is 0.516. The Bertz CT molecular complexity index is 1280. The molecule has 0 saturated carbocycles. The third-order valence-electron chi connectivity index (χ3n) is 4.80. The van der Waals surface area contributed by atoms with Gasteiger partial charge in [-0.15, -0.1) is 0 Å². The first-order chi connectivity index (χ1) is 15.7. The lowest BCUT2D eigenvalue weighted by molar-refractivity contribution is 0.103. The summed E-state index contributed by atoms with van der Waals surface area (Å²) in [5, 5.41) is 6.30. The number of carbonyl (C=O) groups excluding carboxylic acids is 1. The van der Waals surface area contributed by atoms with Crippen LogP contribution >= 0.6 is 11.3 Å². The van der Waals surface area contributed by atoms with E-state index in [0.29, 0.717) is 51.8 Å². The van der Waals surface area contributed by atoms with Crippen molar-refractivity contribution in [3.05, 3.63) is 83.5 Å². The SMILES string of the molecule is O=C(Nc1ccc2c(c1)OCCO2)c1sc(Nc2ccccc2F)nc1-c1ccccc1. The molecule has 1 aromatic heterocycles. The van der Waals surface area contributed by atoms with E-state index in [2.05, 4.69) is 15.6 Å². The molecular formula is C24H18FN3O3S. The number of amides is 1. The molecule has 6 nitrogen and oxygen atoms in total. The van der Waals surface area contributed by atoms with Crippen LogP contribution in [0.5, 0.6) is 11.5 Å². The summed E-state index contributed by atoms with van der Waals surface area (Å²) in [6, 6.07) is 21.0. The minimum Gasteiger partial charge on any atom is -0.486 e. The van der Waals surface area contributed by atoms with Crippen molar-refractivity contribution in [1.82, 2.24) is 4.98 Å². The number of aromatic nitrogens is 1. The molecule has 0 fully saturated rings. The van der Waals surface area contributed by atoms with Crippen LogP contribution in [0.1, 0.15) is 9.67 Å². The molecule has 0 aliphatic carbocycles. The van der Waals surface area contributed by atoms with E-state index in [4.69, 9.17) is 9.47 Å². The molecule has 1 amide bonds. The predicted octanol–water partition coefficient (Wildman–Crippen LogP) is 5.72. The Morgan fingerprint density at radius 3 is 2.50 bits per heavy atom. The maximum absolute atomic E-state index is 14.1. The molecule has 0 saturated heterocycles. The molecule has 2 N–H and O–H groups in total. The zero-order chi connectivity index (χ0) is 21.9. The first-order valence-electron chi connectivity index (χ1n) is 9.96. The number of thiazole rings is 1. The van der Waals surface area contributed by atoms with Crippen LogP contribution in [0.3, 0.4) is 0 Å². The maximum atomic E-state index is 14.1. The van der Waals surface area contributed by atoms with Gasteiger partial charge in [0.25, 0.3) is 5.91 Å². The quantitative estimate of drug-likeness (QED) is 0.410. The number of para-hydroxylation sites is 1.